The van der Waals surface area contributed by atoms with Crippen molar-refractivity contribution in [1.82, 2.24) is 14.7 Å². The molecule has 0 spiro atoms. The van der Waals surface area contributed by atoms with Gasteiger partial charge < -0.3 is 4.74 Å². The Kier molecular flexibility index (Phi) is 3.91. The smallest absolute Gasteiger partial charge is 0.401 e. The summed E-state index contributed by atoms with van der Waals surface area (Å²) in [5, 5.41) is 3.77. The molecule has 20 heavy (non-hydrogen) atoms. The van der Waals surface area contributed by atoms with Gasteiger partial charge in [0.25, 0.3) is 9.05 Å². The fraction of sp³-hybridized carbons (Fsp3) is 0.667. The van der Waals surface area contributed by atoms with E-state index in [1.54, 1.807) is 0 Å². The van der Waals surface area contributed by atoms with Crippen LogP contribution in [0.1, 0.15) is 0 Å². The predicted molar refractivity (Wildman–Crippen MR) is 63.2 cm³/mol. The Morgan fingerprint density at radius 2 is 2.25 bits per heavy atom. The van der Waals surface area contributed by atoms with E-state index in [2.05, 4.69) is 5.10 Å². The van der Waals surface area contributed by atoms with Crippen LogP contribution in [0.15, 0.2) is 11.1 Å². The zero-order valence-corrected chi connectivity index (χ0v) is 11.8. The molecular formula is C9H11ClF3N3O3S. The van der Waals surface area contributed by atoms with Gasteiger partial charge in [-0.05, 0) is 7.05 Å². The minimum atomic E-state index is -4.32. The normalized spacial score (nSPS) is 19.8. The van der Waals surface area contributed by atoms with Gasteiger partial charge in [-0.25, -0.2) is 13.1 Å². The second-order valence-corrected chi connectivity index (χ2v) is 6.96. The van der Waals surface area contributed by atoms with Gasteiger partial charge in [-0.3, -0.25) is 4.90 Å². The molecule has 1 unspecified atom stereocenters. The van der Waals surface area contributed by atoms with Crippen molar-refractivity contribution < 1.29 is 26.3 Å². The first kappa shape index (κ1) is 15.4. The molecule has 1 aromatic rings. The van der Waals surface area contributed by atoms with Crippen molar-refractivity contribution >= 4 is 19.7 Å². The van der Waals surface area contributed by atoms with Gasteiger partial charge in [0.2, 0.25) is 5.88 Å². The SMILES string of the molecule is CN(CC(F)(F)F)C1COc2c(S(=O)(=O)Cl)cnn2C1. The van der Waals surface area contributed by atoms with E-state index in [1.165, 1.54) is 11.7 Å². The summed E-state index contributed by atoms with van der Waals surface area (Å²) in [6, 6.07) is -0.560. The van der Waals surface area contributed by atoms with Gasteiger partial charge in [0.15, 0.2) is 4.90 Å². The zero-order chi connectivity index (χ0) is 15.1. The van der Waals surface area contributed by atoms with E-state index in [9.17, 15) is 21.6 Å². The number of fused-ring (bicyclic) bond motifs is 1. The zero-order valence-electron chi connectivity index (χ0n) is 10.3. The van der Waals surface area contributed by atoms with Crippen LogP contribution in [-0.2, 0) is 15.6 Å². The Bertz CT molecular complexity index is 601. The van der Waals surface area contributed by atoms with E-state index in [0.717, 1.165) is 11.1 Å². The van der Waals surface area contributed by atoms with E-state index in [-0.39, 0.29) is 23.9 Å². The third kappa shape index (κ3) is 3.36. The third-order valence-corrected chi connectivity index (χ3v) is 4.17. The van der Waals surface area contributed by atoms with Crippen LogP contribution in [0.25, 0.3) is 0 Å². The Hall–Kier alpha value is -1.00. The lowest BCUT2D eigenvalue weighted by Gasteiger charge is -2.32. The number of ether oxygens (including phenoxy) is 1. The van der Waals surface area contributed by atoms with Crippen LogP contribution in [0.3, 0.4) is 0 Å². The summed E-state index contributed by atoms with van der Waals surface area (Å²) in [4.78, 5) is 0.801. The molecule has 0 saturated carbocycles. The van der Waals surface area contributed by atoms with E-state index in [1.807, 2.05) is 0 Å². The largest absolute Gasteiger partial charge is 0.475 e. The first-order chi connectivity index (χ1) is 9.08. The van der Waals surface area contributed by atoms with E-state index < -0.39 is 27.8 Å². The summed E-state index contributed by atoms with van der Waals surface area (Å²) in [6.45, 7) is -1.07. The summed E-state index contributed by atoms with van der Waals surface area (Å²) < 4.78 is 65.8. The van der Waals surface area contributed by atoms with Gasteiger partial charge in [-0.2, -0.15) is 18.3 Å². The Balaban J connectivity index is 2.15. The summed E-state index contributed by atoms with van der Waals surface area (Å²) >= 11 is 0. The molecule has 2 rings (SSSR count). The number of likely N-dealkylation sites (N-methyl/N-ethyl adjacent to an activating group) is 1. The van der Waals surface area contributed by atoms with Gasteiger partial charge in [-0.15, -0.1) is 0 Å². The molecule has 1 aliphatic heterocycles. The lowest BCUT2D eigenvalue weighted by Crippen LogP contribution is -2.46. The fourth-order valence-corrected chi connectivity index (χ4v) is 2.77. The molecule has 0 saturated heterocycles. The highest BCUT2D eigenvalue weighted by Crippen LogP contribution is 2.30. The number of halogens is 4. The van der Waals surface area contributed by atoms with Crippen molar-refractivity contribution in [2.75, 3.05) is 20.2 Å². The average Bonchev–Trinajstić information content (AvgIpc) is 2.68. The fourth-order valence-electron chi connectivity index (χ4n) is 1.91. The number of aromatic nitrogens is 2. The number of rotatable bonds is 3. The number of hydrogen-bond acceptors (Lipinski definition) is 5. The highest BCUT2D eigenvalue weighted by molar-refractivity contribution is 8.13. The summed E-state index contributed by atoms with van der Waals surface area (Å²) in [5.41, 5.74) is 0. The number of nitrogens with zero attached hydrogens (tertiary/aromatic N) is 3. The predicted octanol–water partition coefficient (Wildman–Crippen LogP) is 1.07. The molecule has 0 N–H and O–H groups in total. The Morgan fingerprint density at radius 1 is 1.60 bits per heavy atom. The topological polar surface area (TPSA) is 64.4 Å². The van der Waals surface area contributed by atoms with Crippen LogP contribution in [0.5, 0.6) is 5.88 Å². The van der Waals surface area contributed by atoms with Crippen molar-refractivity contribution in [2.24, 2.45) is 0 Å². The maximum Gasteiger partial charge on any atom is 0.401 e. The maximum atomic E-state index is 12.3. The molecule has 1 aliphatic rings. The monoisotopic (exact) mass is 333 g/mol. The van der Waals surface area contributed by atoms with E-state index >= 15 is 0 Å². The second kappa shape index (κ2) is 5.08. The van der Waals surface area contributed by atoms with Crippen LogP contribution in [0, 0.1) is 0 Å². The summed E-state index contributed by atoms with van der Waals surface area (Å²) in [7, 11) is 2.52. The Labute approximate surface area is 117 Å². The van der Waals surface area contributed by atoms with Crippen LogP contribution >= 0.6 is 10.7 Å². The van der Waals surface area contributed by atoms with Crippen molar-refractivity contribution in [1.29, 1.82) is 0 Å². The van der Waals surface area contributed by atoms with Crippen LogP contribution in [0.2, 0.25) is 0 Å². The molecule has 6 nitrogen and oxygen atoms in total. The molecule has 0 radical (unpaired) electrons. The van der Waals surface area contributed by atoms with E-state index in [4.69, 9.17) is 15.4 Å². The quantitative estimate of drug-likeness (QED) is 0.774. The minimum Gasteiger partial charge on any atom is -0.475 e. The summed E-state index contributed by atoms with van der Waals surface area (Å²) in [5.74, 6) is -0.0448. The van der Waals surface area contributed by atoms with Crippen LogP contribution in [0.4, 0.5) is 13.2 Å². The third-order valence-electron chi connectivity index (χ3n) is 2.87. The molecule has 0 aromatic carbocycles. The molecule has 2 heterocycles. The van der Waals surface area contributed by atoms with Crippen molar-refractivity contribution in [2.45, 2.75) is 23.7 Å². The number of hydrogen-bond donors (Lipinski definition) is 0. The van der Waals surface area contributed by atoms with Crippen molar-refractivity contribution in [3.63, 3.8) is 0 Å². The van der Waals surface area contributed by atoms with Gasteiger partial charge in [0.05, 0.1) is 25.3 Å². The maximum absolute atomic E-state index is 12.3. The van der Waals surface area contributed by atoms with Crippen LogP contribution < -0.4 is 4.74 Å². The van der Waals surface area contributed by atoms with Crippen molar-refractivity contribution in [3.05, 3.63) is 6.20 Å². The average molecular weight is 334 g/mol. The molecule has 114 valence electrons. The number of alkyl halides is 3. The van der Waals surface area contributed by atoms with Gasteiger partial charge in [-0.1, -0.05) is 0 Å². The highest BCUT2D eigenvalue weighted by atomic mass is 35.7. The lowest BCUT2D eigenvalue weighted by molar-refractivity contribution is -0.150. The highest BCUT2D eigenvalue weighted by Gasteiger charge is 2.35. The first-order valence-electron chi connectivity index (χ1n) is 5.48. The van der Waals surface area contributed by atoms with Gasteiger partial charge >= 0.3 is 6.18 Å². The molecule has 1 aromatic heterocycles. The second-order valence-electron chi connectivity index (χ2n) is 4.43. The summed E-state index contributed by atoms with van der Waals surface area (Å²) in [6.07, 6.45) is -3.30. The Morgan fingerprint density at radius 3 is 2.80 bits per heavy atom. The van der Waals surface area contributed by atoms with Gasteiger partial charge in [0, 0.05) is 10.7 Å². The first-order valence-corrected chi connectivity index (χ1v) is 7.79. The molecule has 0 bridgehead atoms. The molecule has 0 fully saturated rings. The molecule has 0 aliphatic carbocycles. The van der Waals surface area contributed by atoms with Gasteiger partial charge in [0.1, 0.15) is 6.61 Å². The van der Waals surface area contributed by atoms with E-state index in [0.29, 0.717) is 0 Å². The van der Waals surface area contributed by atoms with Crippen LogP contribution in [-0.4, -0.2) is 55.5 Å². The standard InChI is InChI=1S/C9H11ClF3N3O3S/c1-15(5-9(11,12)13)6-3-16-8(19-4-6)7(2-14-16)20(10,17)18/h2,6H,3-5H2,1H3. The molecule has 0 amide bonds. The lowest BCUT2D eigenvalue weighted by atomic mass is 10.2. The molecule has 11 heteroatoms. The minimum absolute atomic E-state index is 0.0448. The molecular weight excluding hydrogens is 323 g/mol. The molecule has 1 atom stereocenters. The van der Waals surface area contributed by atoms with Crippen molar-refractivity contribution in [3.8, 4) is 5.88 Å².